The molecule has 7 heteroatoms. The summed E-state index contributed by atoms with van der Waals surface area (Å²) in [6, 6.07) is -3.60. The molecule has 3 unspecified atom stereocenters. The van der Waals surface area contributed by atoms with Gasteiger partial charge in [-0.25, -0.2) is 9.59 Å². The van der Waals surface area contributed by atoms with Gasteiger partial charge in [0.05, 0.1) is 12.5 Å². The molecule has 0 rings (SSSR count). The van der Waals surface area contributed by atoms with Crippen LogP contribution in [-0.4, -0.2) is 57.3 Å². The molecule has 0 radical (unpaired) electrons. The van der Waals surface area contributed by atoms with Gasteiger partial charge in [-0.15, -0.1) is 0 Å². The van der Waals surface area contributed by atoms with E-state index in [2.05, 4.69) is 19.1 Å². The summed E-state index contributed by atoms with van der Waals surface area (Å²) >= 11 is 0. The van der Waals surface area contributed by atoms with Crippen molar-refractivity contribution in [1.29, 1.82) is 0 Å². The van der Waals surface area contributed by atoms with E-state index in [0.717, 1.165) is 19.3 Å². The van der Waals surface area contributed by atoms with Crippen LogP contribution >= 0.6 is 0 Å². The molecule has 7 nitrogen and oxygen atoms in total. The van der Waals surface area contributed by atoms with Gasteiger partial charge < -0.3 is 20.1 Å². The summed E-state index contributed by atoms with van der Waals surface area (Å²) < 4.78 is -0.560. The summed E-state index contributed by atoms with van der Waals surface area (Å²) in [4.78, 5) is 35.2. The number of hydrogen-bond acceptors (Lipinski definition) is 4. The summed E-state index contributed by atoms with van der Waals surface area (Å²) in [5.74, 6) is -3.85. The molecule has 0 aliphatic carbocycles. The fourth-order valence-corrected chi connectivity index (χ4v) is 5.00. The third-order valence-electron chi connectivity index (χ3n) is 7.53. The van der Waals surface area contributed by atoms with Gasteiger partial charge in [0.25, 0.3) is 0 Å². The monoisotopic (exact) mass is 497 g/mol. The molecule has 0 aliphatic heterocycles. The quantitative estimate of drug-likeness (QED) is 0.112. The summed E-state index contributed by atoms with van der Waals surface area (Å²) in [5.41, 5.74) is 0. The van der Waals surface area contributed by atoms with Gasteiger partial charge in [0.2, 0.25) is 0 Å². The number of quaternary nitrogens is 1. The Bertz CT molecular complexity index is 583. The average molecular weight is 498 g/mol. The first-order chi connectivity index (χ1) is 16.6. The third kappa shape index (κ3) is 12.6. The van der Waals surface area contributed by atoms with Crippen molar-refractivity contribution in [2.75, 3.05) is 6.54 Å². The normalized spacial score (nSPS) is 16.0. The zero-order valence-electron chi connectivity index (χ0n) is 22.7. The Morgan fingerprint density at radius 3 is 1.40 bits per heavy atom. The molecule has 0 aromatic rings. The van der Waals surface area contributed by atoms with E-state index in [0.29, 0.717) is 6.42 Å². The lowest BCUT2D eigenvalue weighted by molar-refractivity contribution is -0.969. The van der Waals surface area contributed by atoms with Gasteiger partial charge in [0.15, 0.2) is 12.1 Å². The van der Waals surface area contributed by atoms with Crippen molar-refractivity contribution in [3.05, 3.63) is 12.2 Å². The Hall–Kier alpha value is -1.89. The minimum atomic E-state index is -1.43. The van der Waals surface area contributed by atoms with E-state index in [1.807, 2.05) is 0 Å². The number of hydrogen-bond donors (Lipinski definition) is 2. The number of aliphatic carboxylic acids is 3. The maximum absolute atomic E-state index is 11.7. The lowest BCUT2D eigenvalue weighted by Gasteiger charge is -2.49. The molecule has 0 spiro atoms. The molecule has 2 N–H and O–H groups in total. The molecule has 204 valence electrons. The van der Waals surface area contributed by atoms with Gasteiger partial charge >= 0.3 is 11.9 Å². The Balaban J connectivity index is 4.34. The topological polar surface area (TPSA) is 115 Å². The summed E-state index contributed by atoms with van der Waals surface area (Å²) in [6.45, 7) is 6.52. The van der Waals surface area contributed by atoms with Crippen molar-refractivity contribution in [2.45, 2.75) is 142 Å². The van der Waals surface area contributed by atoms with Gasteiger partial charge in [-0.1, -0.05) is 83.3 Å². The first-order valence-electron chi connectivity index (χ1n) is 13.8. The van der Waals surface area contributed by atoms with Crippen molar-refractivity contribution in [2.24, 2.45) is 0 Å². The molecule has 0 aliphatic rings. The molecule has 0 heterocycles. The maximum Gasteiger partial charge on any atom is 0.362 e. The van der Waals surface area contributed by atoms with E-state index in [4.69, 9.17) is 0 Å². The molecule has 0 aromatic heterocycles. The fraction of sp³-hybridized carbons (Fsp3) is 0.821. The van der Waals surface area contributed by atoms with Crippen molar-refractivity contribution in [3.8, 4) is 0 Å². The second-order valence-electron chi connectivity index (χ2n) is 10.0. The highest BCUT2D eigenvalue weighted by Crippen LogP contribution is 2.27. The number of carbonyl (C=O) groups is 3. The smallest absolute Gasteiger partial charge is 0.362 e. The van der Waals surface area contributed by atoms with Crippen molar-refractivity contribution in [1.82, 2.24) is 0 Å². The molecular weight excluding hydrogens is 446 g/mol. The molecule has 0 saturated heterocycles. The van der Waals surface area contributed by atoms with E-state index in [-0.39, 0.29) is 6.54 Å². The van der Waals surface area contributed by atoms with E-state index < -0.39 is 40.5 Å². The van der Waals surface area contributed by atoms with Crippen LogP contribution in [0.1, 0.15) is 124 Å². The Kier molecular flexibility index (Phi) is 18.3. The van der Waals surface area contributed by atoms with Crippen LogP contribution in [0, 0.1) is 0 Å². The van der Waals surface area contributed by atoms with E-state index >= 15 is 0 Å². The van der Waals surface area contributed by atoms with Crippen LogP contribution in [0.25, 0.3) is 0 Å². The zero-order chi connectivity index (χ0) is 26.7. The van der Waals surface area contributed by atoms with E-state index in [1.165, 1.54) is 91.4 Å². The van der Waals surface area contributed by atoms with Crippen molar-refractivity contribution < 1.29 is 34.2 Å². The summed E-state index contributed by atoms with van der Waals surface area (Å²) in [5, 5.41) is 30.8. The van der Waals surface area contributed by atoms with Gasteiger partial charge in [0, 0.05) is 0 Å². The molecule has 0 bridgehead atoms. The highest BCUT2D eigenvalue weighted by Gasteiger charge is 2.50. The number of nitrogens with zero attached hydrogens (tertiary/aromatic N) is 1. The Labute approximate surface area is 213 Å². The number of carbonyl (C=O) groups excluding carboxylic acids is 1. The molecule has 35 heavy (non-hydrogen) atoms. The number of allylic oxidation sites excluding steroid dienone is 2. The highest BCUT2D eigenvalue weighted by molar-refractivity contribution is 5.76. The average Bonchev–Trinajstić information content (AvgIpc) is 2.82. The van der Waals surface area contributed by atoms with Crippen LogP contribution in [0.15, 0.2) is 12.2 Å². The van der Waals surface area contributed by atoms with E-state index in [9.17, 15) is 29.7 Å². The number of rotatable bonds is 23. The zero-order valence-corrected chi connectivity index (χ0v) is 22.7. The SMILES string of the molecule is CCCCCCCCCCCCC/C=C/CCCC[N+](C(C)C(=O)[O-])(C(C)C(=O)O)C(C)C(=O)O. The van der Waals surface area contributed by atoms with E-state index in [1.54, 1.807) is 0 Å². The van der Waals surface area contributed by atoms with Crippen molar-refractivity contribution in [3.63, 3.8) is 0 Å². The van der Waals surface area contributed by atoms with Gasteiger partial charge in [0.1, 0.15) is 6.04 Å². The van der Waals surface area contributed by atoms with Crippen LogP contribution in [0.5, 0.6) is 0 Å². The molecule has 0 aromatic carbocycles. The number of carboxylic acids is 3. The third-order valence-corrected chi connectivity index (χ3v) is 7.53. The second kappa shape index (κ2) is 19.3. The van der Waals surface area contributed by atoms with Crippen LogP contribution in [0.4, 0.5) is 0 Å². The minimum Gasteiger partial charge on any atom is -0.544 e. The van der Waals surface area contributed by atoms with Crippen LogP contribution < -0.4 is 5.11 Å². The lowest BCUT2D eigenvalue weighted by Crippen LogP contribution is -2.72. The molecule has 0 saturated carbocycles. The predicted octanol–water partition coefficient (Wildman–Crippen LogP) is 5.32. The first-order valence-corrected chi connectivity index (χ1v) is 13.8. The lowest BCUT2D eigenvalue weighted by atomic mass is 10.0. The first kappa shape index (κ1) is 33.1. The van der Waals surface area contributed by atoms with Crippen LogP contribution in [-0.2, 0) is 14.4 Å². The van der Waals surface area contributed by atoms with Crippen LogP contribution in [0.2, 0.25) is 0 Å². The minimum absolute atomic E-state index is 0.155. The second-order valence-corrected chi connectivity index (χ2v) is 10.0. The molecule has 0 amide bonds. The maximum atomic E-state index is 11.7. The fourth-order valence-electron chi connectivity index (χ4n) is 5.00. The highest BCUT2D eigenvalue weighted by atomic mass is 16.4. The Morgan fingerprint density at radius 2 is 1.03 bits per heavy atom. The summed E-state index contributed by atoms with van der Waals surface area (Å²) in [6.07, 6.45) is 22.0. The van der Waals surface area contributed by atoms with Gasteiger partial charge in [-0.3, -0.25) is 4.48 Å². The van der Waals surface area contributed by atoms with Gasteiger partial charge in [-0.05, 0) is 52.9 Å². The standard InChI is InChI=1S/C28H51NO6/c1-5-6-7-8-9-10-11-12-13-14-15-16-17-18-19-20-21-22-29(23(2)26(30)31,24(3)27(32)33)25(4)28(34)35/h17-18,23-25H,5-16,19-22H2,1-4H3,(H2-,30,31,32,33,34,35)/b18-17+. The number of unbranched alkanes of at least 4 members (excludes halogenated alkanes) is 13. The van der Waals surface area contributed by atoms with Crippen LogP contribution in [0.3, 0.4) is 0 Å². The largest absolute Gasteiger partial charge is 0.544 e. The Morgan fingerprint density at radius 1 is 0.657 bits per heavy atom. The molecule has 3 atom stereocenters. The van der Waals surface area contributed by atoms with Crippen molar-refractivity contribution >= 4 is 17.9 Å². The molecule has 0 fully saturated rings. The molecular formula is C28H51NO6. The predicted molar refractivity (Wildman–Crippen MR) is 138 cm³/mol. The summed E-state index contributed by atoms with van der Waals surface area (Å²) in [7, 11) is 0. The van der Waals surface area contributed by atoms with Gasteiger partial charge in [-0.2, -0.15) is 0 Å². The number of carboxylic acid groups (broad SMARTS) is 3.